The maximum absolute atomic E-state index is 11.8. The van der Waals surface area contributed by atoms with Gasteiger partial charge in [0.25, 0.3) is 5.91 Å². The summed E-state index contributed by atoms with van der Waals surface area (Å²) in [5.41, 5.74) is 2.82. The van der Waals surface area contributed by atoms with Crippen LogP contribution in [0.5, 0.6) is 11.5 Å². The topological polar surface area (TPSA) is 118 Å². The van der Waals surface area contributed by atoms with Crippen LogP contribution < -0.4 is 15.4 Å². The summed E-state index contributed by atoms with van der Waals surface area (Å²) < 4.78 is 7.05. The zero-order chi connectivity index (χ0) is 21.8. The van der Waals surface area contributed by atoms with E-state index in [1.165, 1.54) is 6.21 Å². The largest absolute Gasteiger partial charge is 0.508 e. The number of methoxy groups -OCH3 is 1. The van der Waals surface area contributed by atoms with E-state index in [1.807, 2.05) is 47.2 Å². The van der Waals surface area contributed by atoms with Gasteiger partial charge in [-0.05, 0) is 35.4 Å². The highest BCUT2D eigenvalue weighted by molar-refractivity contribution is 6.12. The summed E-state index contributed by atoms with van der Waals surface area (Å²) in [6.45, 7) is 0.478. The number of imide groups is 1. The van der Waals surface area contributed by atoms with E-state index in [9.17, 15) is 14.7 Å². The van der Waals surface area contributed by atoms with E-state index in [4.69, 9.17) is 4.74 Å². The average molecular weight is 419 g/mol. The number of carbonyl (C=O) groups is 2. The van der Waals surface area contributed by atoms with E-state index in [2.05, 4.69) is 20.6 Å². The van der Waals surface area contributed by atoms with Crippen molar-refractivity contribution in [2.75, 3.05) is 7.11 Å². The summed E-state index contributed by atoms with van der Waals surface area (Å²) in [5, 5.41) is 14.2. The van der Waals surface area contributed by atoms with Gasteiger partial charge in [0.1, 0.15) is 17.5 Å². The fourth-order valence-electron chi connectivity index (χ4n) is 3.19. The monoisotopic (exact) mass is 419 g/mol. The molecule has 9 heteroatoms. The number of nitrogens with one attached hydrogen (secondary N) is 2. The molecule has 1 aliphatic heterocycles. The van der Waals surface area contributed by atoms with Gasteiger partial charge >= 0.3 is 6.03 Å². The van der Waals surface area contributed by atoms with Crippen molar-refractivity contribution in [3.63, 3.8) is 0 Å². The predicted octanol–water partition coefficient (Wildman–Crippen LogP) is 2.15. The maximum Gasteiger partial charge on any atom is 0.322 e. The van der Waals surface area contributed by atoms with Crippen LogP contribution in [0.2, 0.25) is 0 Å². The van der Waals surface area contributed by atoms with Crippen LogP contribution in [0.15, 0.2) is 59.7 Å². The van der Waals surface area contributed by atoms with Crippen LogP contribution in [0, 0.1) is 0 Å². The first-order valence-corrected chi connectivity index (χ1v) is 9.62. The number of aromatic nitrogens is 2. The van der Waals surface area contributed by atoms with Crippen molar-refractivity contribution < 1.29 is 19.4 Å². The Morgan fingerprint density at radius 1 is 1.13 bits per heavy atom. The van der Waals surface area contributed by atoms with Gasteiger partial charge in [0.2, 0.25) is 5.95 Å². The lowest BCUT2D eigenvalue weighted by Crippen LogP contribution is -2.30. The fraction of sp³-hybridized carbons (Fsp3) is 0.182. The second kappa shape index (κ2) is 8.70. The first-order chi connectivity index (χ1) is 15.0. The Morgan fingerprint density at radius 3 is 2.48 bits per heavy atom. The third-order valence-electron chi connectivity index (χ3n) is 4.78. The minimum Gasteiger partial charge on any atom is -0.508 e. The molecule has 1 atom stereocenters. The molecule has 1 saturated heterocycles. The number of nitrogens with zero attached hydrogens (tertiary/aromatic N) is 3. The molecule has 3 aromatic rings. The second-order valence-electron chi connectivity index (χ2n) is 7.07. The van der Waals surface area contributed by atoms with Gasteiger partial charge < -0.3 is 19.7 Å². The molecule has 9 nitrogen and oxygen atoms in total. The lowest BCUT2D eigenvalue weighted by atomic mass is 10.1. The van der Waals surface area contributed by atoms with E-state index in [0.717, 1.165) is 22.6 Å². The molecule has 0 bridgehead atoms. The Kier molecular flexibility index (Phi) is 5.65. The van der Waals surface area contributed by atoms with Gasteiger partial charge in [-0.25, -0.2) is 14.8 Å². The van der Waals surface area contributed by atoms with Gasteiger partial charge in [0, 0.05) is 18.8 Å². The minimum atomic E-state index is -0.837. The van der Waals surface area contributed by atoms with Crippen LogP contribution >= 0.6 is 0 Å². The minimum absolute atomic E-state index is 0.191. The quantitative estimate of drug-likeness (QED) is 0.401. The smallest absolute Gasteiger partial charge is 0.322 e. The van der Waals surface area contributed by atoms with Crippen molar-refractivity contribution in [3.05, 3.63) is 71.5 Å². The highest BCUT2D eigenvalue weighted by Crippen LogP contribution is 2.20. The van der Waals surface area contributed by atoms with Gasteiger partial charge in [0.15, 0.2) is 0 Å². The van der Waals surface area contributed by atoms with Gasteiger partial charge in [-0.15, -0.1) is 0 Å². The lowest BCUT2D eigenvalue weighted by molar-refractivity contribution is -0.118. The van der Waals surface area contributed by atoms with Crippen LogP contribution in [0.3, 0.4) is 0 Å². The van der Waals surface area contributed by atoms with Crippen LogP contribution in [0.4, 0.5) is 10.7 Å². The van der Waals surface area contributed by atoms with Crippen LogP contribution in [-0.4, -0.2) is 46.0 Å². The van der Waals surface area contributed by atoms with E-state index in [0.29, 0.717) is 18.9 Å². The van der Waals surface area contributed by atoms with Crippen molar-refractivity contribution in [3.8, 4) is 11.5 Å². The summed E-state index contributed by atoms with van der Waals surface area (Å²) in [6.07, 6.45) is 3.86. The Labute approximate surface area is 178 Å². The molecule has 1 unspecified atom stereocenters. The molecule has 3 amide bonds. The molecule has 2 aromatic carbocycles. The number of urea groups is 1. The molecular weight excluding hydrogens is 398 g/mol. The number of hydrogen-bond donors (Lipinski definition) is 3. The Balaban J connectivity index is 1.59. The molecule has 0 radical (unpaired) electrons. The molecule has 3 N–H and O–H groups in total. The number of benzene rings is 2. The fourth-order valence-corrected chi connectivity index (χ4v) is 3.19. The zero-order valence-corrected chi connectivity index (χ0v) is 16.8. The second-order valence-corrected chi connectivity index (χ2v) is 7.07. The molecule has 31 heavy (non-hydrogen) atoms. The molecular formula is C22H21N5O4. The number of amides is 3. The molecule has 1 fully saturated rings. The number of aliphatic imine (C=N–C) groups is 1. The summed E-state index contributed by atoms with van der Waals surface area (Å²) in [7, 11) is 1.62. The number of carbonyl (C=O) groups excluding carboxylic acids is 2. The normalized spacial score (nSPS) is 15.8. The predicted molar refractivity (Wildman–Crippen MR) is 114 cm³/mol. The first-order valence-electron chi connectivity index (χ1n) is 9.62. The van der Waals surface area contributed by atoms with Gasteiger partial charge in [-0.3, -0.25) is 10.1 Å². The first kappa shape index (κ1) is 20.1. The number of ether oxygens (including phenoxy) is 1. The van der Waals surface area contributed by atoms with Crippen LogP contribution in [0.25, 0.3) is 0 Å². The number of phenols is 1. The Hall–Kier alpha value is -4.14. The van der Waals surface area contributed by atoms with E-state index < -0.39 is 18.0 Å². The number of hydrogen-bond acceptors (Lipinski definition) is 6. The molecule has 4 rings (SSSR count). The Bertz CT molecular complexity index is 1120. The summed E-state index contributed by atoms with van der Waals surface area (Å²) >= 11 is 0. The highest BCUT2D eigenvalue weighted by Gasteiger charge is 2.27. The molecule has 0 spiro atoms. The van der Waals surface area contributed by atoms with Crippen LogP contribution in [0.1, 0.15) is 16.8 Å². The van der Waals surface area contributed by atoms with Crippen molar-refractivity contribution in [1.82, 2.24) is 20.2 Å². The number of imidazole rings is 1. The third kappa shape index (κ3) is 4.89. The number of phenolic OH excluding ortho intramolecular Hbond substituents is 1. The summed E-state index contributed by atoms with van der Waals surface area (Å²) in [4.78, 5) is 32.0. The average Bonchev–Trinajstić information content (AvgIpc) is 3.29. The molecule has 158 valence electrons. The van der Waals surface area contributed by atoms with Crippen molar-refractivity contribution in [2.45, 2.75) is 19.0 Å². The molecule has 1 aliphatic rings. The van der Waals surface area contributed by atoms with E-state index in [-0.39, 0.29) is 5.75 Å². The van der Waals surface area contributed by atoms with Gasteiger partial charge in [-0.2, -0.15) is 0 Å². The van der Waals surface area contributed by atoms with E-state index in [1.54, 1.807) is 19.2 Å². The Morgan fingerprint density at radius 2 is 1.84 bits per heavy atom. The molecule has 0 saturated carbocycles. The maximum atomic E-state index is 11.8. The molecule has 2 heterocycles. The zero-order valence-electron chi connectivity index (χ0n) is 16.8. The van der Waals surface area contributed by atoms with Crippen molar-refractivity contribution >= 4 is 24.1 Å². The lowest BCUT2D eigenvalue weighted by Gasteiger charge is -2.05. The number of aromatic hydroxyl groups is 1. The van der Waals surface area contributed by atoms with Crippen molar-refractivity contribution in [2.24, 2.45) is 4.99 Å². The summed E-state index contributed by atoms with van der Waals surface area (Å²) in [6, 6.07) is 13.2. The van der Waals surface area contributed by atoms with Gasteiger partial charge in [-0.1, -0.05) is 24.3 Å². The standard InChI is InChI=1S/C22H21N5O4/c1-31-18-8-4-14(5-9-18)10-16-13-27(12-15-2-6-17(28)7-3-15)21(24-16)23-11-19-20(29)26-22(30)25-19/h2-9,11,13,19,28H,10,12H2,1H3,(H2,25,26,29,30). The molecule has 0 aliphatic carbocycles. The number of rotatable bonds is 7. The van der Waals surface area contributed by atoms with Gasteiger partial charge in [0.05, 0.1) is 19.3 Å². The highest BCUT2D eigenvalue weighted by atomic mass is 16.5. The SMILES string of the molecule is COc1ccc(Cc2cn(Cc3ccc(O)cc3)c(N=CC3NC(=O)NC3=O)n2)cc1. The van der Waals surface area contributed by atoms with Crippen LogP contribution in [-0.2, 0) is 17.8 Å². The summed E-state index contributed by atoms with van der Waals surface area (Å²) in [5.74, 6) is 0.925. The third-order valence-corrected chi connectivity index (χ3v) is 4.78. The molecule has 1 aromatic heterocycles. The van der Waals surface area contributed by atoms with E-state index >= 15 is 0 Å². The van der Waals surface area contributed by atoms with Crippen molar-refractivity contribution in [1.29, 1.82) is 0 Å².